The normalized spacial score (nSPS) is 25.3. The summed E-state index contributed by atoms with van der Waals surface area (Å²) >= 11 is 0. The maximum atomic E-state index is 9.81. The first-order valence-electron chi connectivity index (χ1n) is 7.52. The van der Waals surface area contributed by atoms with Crippen molar-refractivity contribution in [2.24, 2.45) is 17.1 Å². The number of nitriles is 3. The Morgan fingerprint density at radius 1 is 1.26 bits per heavy atom. The van der Waals surface area contributed by atoms with E-state index in [0.717, 1.165) is 30.4 Å². The molecule has 1 heterocycles. The van der Waals surface area contributed by atoms with Crippen LogP contribution in [0.15, 0.2) is 47.4 Å². The Bertz CT molecular complexity index is 800. The summed E-state index contributed by atoms with van der Waals surface area (Å²) in [6.45, 7) is 0. The Morgan fingerprint density at radius 3 is 2.65 bits per heavy atom. The first-order valence-corrected chi connectivity index (χ1v) is 7.52. The van der Waals surface area contributed by atoms with Gasteiger partial charge in [0, 0.05) is 18.3 Å². The summed E-state index contributed by atoms with van der Waals surface area (Å²) in [5, 5.41) is 29.1. The number of pyridine rings is 1. The summed E-state index contributed by atoms with van der Waals surface area (Å²) < 4.78 is 0. The van der Waals surface area contributed by atoms with Gasteiger partial charge in [0.05, 0.1) is 23.4 Å². The predicted octanol–water partition coefficient (Wildman–Crippen LogP) is 2.68. The molecule has 0 aromatic carbocycles. The van der Waals surface area contributed by atoms with Crippen molar-refractivity contribution < 1.29 is 0 Å². The predicted molar refractivity (Wildman–Crippen MR) is 82.9 cm³/mol. The quantitative estimate of drug-likeness (QED) is 0.857. The van der Waals surface area contributed by atoms with E-state index in [0.29, 0.717) is 5.57 Å². The van der Waals surface area contributed by atoms with Gasteiger partial charge in [-0.1, -0.05) is 12.1 Å². The number of hydrogen-bond donors (Lipinski definition) is 1. The average Bonchev–Trinajstić information content (AvgIpc) is 2.61. The lowest BCUT2D eigenvalue weighted by atomic mass is 9.57. The molecule has 2 aliphatic rings. The van der Waals surface area contributed by atoms with Crippen molar-refractivity contribution in [3.05, 3.63) is 53.0 Å². The van der Waals surface area contributed by atoms with Crippen LogP contribution in [0.1, 0.15) is 30.7 Å². The van der Waals surface area contributed by atoms with Gasteiger partial charge in [-0.25, -0.2) is 0 Å². The van der Waals surface area contributed by atoms with Crippen molar-refractivity contribution in [2.45, 2.75) is 25.2 Å². The smallest absolute Gasteiger partial charge is 0.191 e. The van der Waals surface area contributed by atoms with Crippen LogP contribution in [-0.4, -0.2) is 4.98 Å². The minimum absolute atomic E-state index is 0.0609. The van der Waals surface area contributed by atoms with Crippen molar-refractivity contribution in [3.8, 4) is 18.2 Å². The van der Waals surface area contributed by atoms with Gasteiger partial charge in [-0.3, -0.25) is 4.98 Å². The molecule has 2 aliphatic carbocycles. The highest BCUT2D eigenvalue weighted by Gasteiger charge is 2.53. The van der Waals surface area contributed by atoms with Crippen LogP contribution in [0.4, 0.5) is 0 Å². The lowest BCUT2D eigenvalue weighted by Crippen LogP contribution is -2.42. The Morgan fingerprint density at radius 2 is 2.04 bits per heavy atom. The Hall–Kier alpha value is -3.10. The highest BCUT2D eigenvalue weighted by Crippen LogP contribution is 2.55. The summed E-state index contributed by atoms with van der Waals surface area (Å²) in [6.07, 6.45) is 8.05. The summed E-state index contributed by atoms with van der Waals surface area (Å²) in [5.41, 5.74) is 6.71. The monoisotopic (exact) mass is 301 g/mol. The maximum absolute atomic E-state index is 9.81. The topological polar surface area (TPSA) is 110 Å². The Labute approximate surface area is 135 Å². The second-order valence-corrected chi connectivity index (χ2v) is 5.89. The number of rotatable bonds is 1. The second kappa shape index (κ2) is 5.59. The molecule has 0 saturated carbocycles. The van der Waals surface area contributed by atoms with Crippen LogP contribution in [0.5, 0.6) is 0 Å². The van der Waals surface area contributed by atoms with Crippen LogP contribution >= 0.6 is 0 Å². The zero-order valence-electron chi connectivity index (χ0n) is 12.5. The molecule has 1 aromatic rings. The Balaban J connectivity index is 2.33. The summed E-state index contributed by atoms with van der Waals surface area (Å²) in [4.78, 5) is 4.14. The van der Waals surface area contributed by atoms with E-state index in [1.807, 2.05) is 12.1 Å². The van der Waals surface area contributed by atoms with Gasteiger partial charge in [0.1, 0.15) is 6.07 Å². The number of fused-ring (bicyclic) bond motifs is 1. The highest BCUT2D eigenvalue weighted by atomic mass is 14.7. The Kier molecular flexibility index (Phi) is 3.61. The van der Waals surface area contributed by atoms with E-state index >= 15 is 0 Å². The van der Waals surface area contributed by atoms with Gasteiger partial charge in [-0.15, -0.1) is 0 Å². The molecule has 0 fully saturated rings. The first-order chi connectivity index (χ1) is 11.2. The standard InChI is InChI=1S/C18H15N5/c19-8-15-13-5-1-2-6-14(13)16(12-4-3-7-23-9-12)18(10-20,11-21)17(15)22/h3-5,7,9,14,16H,1-2,6,22H2/t14-,16?/m0/s1. The number of aromatic nitrogens is 1. The fraction of sp³-hybridized carbons (Fsp3) is 0.333. The third-order valence-corrected chi connectivity index (χ3v) is 4.84. The lowest BCUT2D eigenvalue weighted by molar-refractivity contribution is 0.317. The van der Waals surface area contributed by atoms with Gasteiger partial charge in [0.2, 0.25) is 0 Å². The first kappa shape index (κ1) is 14.8. The van der Waals surface area contributed by atoms with E-state index in [9.17, 15) is 15.8 Å². The number of nitrogens with two attached hydrogens (primary N) is 1. The maximum Gasteiger partial charge on any atom is 0.191 e. The van der Waals surface area contributed by atoms with E-state index in [4.69, 9.17) is 5.73 Å². The zero-order valence-corrected chi connectivity index (χ0v) is 12.5. The summed E-state index contributed by atoms with van der Waals surface area (Å²) in [6, 6.07) is 10.0. The van der Waals surface area contributed by atoms with Crippen LogP contribution < -0.4 is 5.73 Å². The van der Waals surface area contributed by atoms with E-state index in [1.54, 1.807) is 18.5 Å². The van der Waals surface area contributed by atoms with E-state index in [1.165, 1.54) is 0 Å². The minimum atomic E-state index is -1.53. The molecule has 0 amide bonds. The van der Waals surface area contributed by atoms with E-state index < -0.39 is 11.3 Å². The van der Waals surface area contributed by atoms with E-state index in [-0.39, 0.29) is 11.6 Å². The van der Waals surface area contributed by atoms with Crippen molar-refractivity contribution in [1.82, 2.24) is 4.98 Å². The van der Waals surface area contributed by atoms with Crippen LogP contribution in [-0.2, 0) is 0 Å². The van der Waals surface area contributed by atoms with E-state index in [2.05, 4.69) is 23.2 Å². The molecule has 3 rings (SSSR count). The number of hydrogen-bond acceptors (Lipinski definition) is 5. The van der Waals surface area contributed by atoms with Crippen molar-refractivity contribution in [1.29, 1.82) is 15.8 Å². The van der Waals surface area contributed by atoms with Crippen LogP contribution in [0.2, 0.25) is 0 Å². The fourth-order valence-electron chi connectivity index (χ4n) is 3.81. The SMILES string of the molecule is N#CC1=C(N)C(C#N)(C#N)C(c2cccnc2)[C@H]2CCCC=C12. The summed E-state index contributed by atoms with van der Waals surface area (Å²) in [5.74, 6) is -0.468. The molecule has 23 heavy (non-hydrogen) atoms. The minimum Gasteiger partial charge on any atom is -0.399 e. The summed E-state index contributed by atoms with van der Waals surface area (Å²) in [7, 11) is 0. The molecule has 112 valence electrons. The van der Waals surface area contributed by atoms with Crippen molar-refractivity contribution >= 4 is 0 Å². The molecule has 0 bridgehead atoms. The van der Waals surface area contributed by atoms with Crippen LogP contribution in [0.3, 0.4) is 0 Å². The third-order valence-electron chi connectivity index (χ3n) is 4.84. The average molecular weight is 301 g/mol. The van der Waals surface area contributed by atoms with Gasteiger partial charge in [-0.2, -0.15) is 15.8 Å². The second-order valence-electron chi connectivity index (χ2n) is 5.89. The zero-order chi connectivity index (χ0) is 16.4. The molecule has 0 aliphatic heterocycles. The van der Waals surface area contributed by atoms with Crippen LogP contribution in [0.25, 0.3) is 0 Å². The van der Waals surface area contributed by atoms with Gasteiger partial charge in [0.15, 0.2) is 5.41 Å². The molecule has 5 heteroatoms. The van der Waals surface area contributed by atoms with Crippen molar-refractivity contribution in [3.63, 3.8) is 0 Å². The number of nitrogens with zero attached hydrogens (tertiary/aromatic N) is 4. The van der Waals surface area contributed by atoms with Gasteiger partial charge in [0.25, 0.3) is 0 Å². The van der Waals surface area contributed by atoms with Gasteiger partial charge >= 0.3 is 0 Å². The fourth-order valence-corrected chi connectivity index (χ4v) is 3.81. The number of allylic oxidation sites excluding steroid dienone is 4. The van der Waals surface area contributed by atoms with Gasteiger partial charge < -0.3 is 5.73 Å². The molecule has 0 spiro atoms. The van der Waals surface area contributed by atoms with Gasteiger partial charge in [-0.05, 0) is 42.4 Å². The molecule has 0 saturated heterocycles. The van der Waals surface area contributed by atoms with Crippen molar-refractivity contribution in [2.75, 3.05) is 0 Å². The molecule has 2 atom stereocenters. The van der Waals surface area contributed by atoms with Crippen LogP contribution in [0, 0.1) is 45.3 Å². The molecule has 5 nitrogen and oxygen atoms in total. The molecular formula is C18H15N5. The molecular weight excluding hydrogens is 286 g/mol. The molecule has 2 N–H and O–H groups in total. The molecule has 1 aromatic heterocycles. The largest absolute Gasteiger partial charge is 0.399 e. The molecule has 1 unspecified atom stereocenters. The molecule has 0 radical (unpaired) electrons. The lowest BCUT2D eigenvalue weighted by Gasteiger charge is -2.43. The third kappa shape index (κ3) is 2.00. The highest BCUT2D eigenvalue weighted by molar-refractivity contribution is 5.58.